The first kappa shape index (κ1) is 31.2. The Bertz CT molecular complexity index is 2030. The van der Waals surface area contributed by atoms with Crippen molar-refractivity contribution in [3.05, 3.63) is 94.9 Å². The first-order valence-corrected chi connectivity index (χ1v) is 14.8. The van der Waals surface area contributed by atoms with Crippen molar-refractivity contribution in [3.63, 3.8) is 0 Å². The average Bonchev–Trinajstić information content (AvgIpc) is 3.54. The minimum absolute atomic E-state index is 0.000250. The molecule has 3 aromatic heterocycles. The monoisotopic (exact) mass is 638 g/mol. The zero-order valence-corrected chi connectivity index (χ0v) is 25.4. The summed E-state index contributed by atoms with van der Waals surface area (Å²) < 4.78 is 16.0. The molecule has 0 saturated heterocycles. The lowest BCUT2D eigenvalue weighted by Gasteiger charge is -2.23. The van der Waals surface area contributed by atoms with Crippen molar-refractivity contribution in [2.45, 2.75) is 50.8 Å². The Morgan fingerprint density at radius 1 is 1.11 bits per heavy atom. The van der Waals surface area contributed by atoms with Crippen molar-refractivity contribution in [2.75, 3.05) is 11.1 Å². The smallest absolute Gasteiger partial charge is 0.328 e. The molecule has 13 nitrogen and oxygen atoms in total. The van der Waals surface area contributed by atoms with Crippen LogP contribution in [0, 0.1) is 5.82 Å². The fraction of sp³-hybridized carbons (Fsp3) is 0.242. The van der Waals surface area contributed by atoms with E-state index in [2.05, 4.69) is 30.7 Å². The number of carboxylic acids is 1. The van der Waals surface area contributed by atoms with Crippen molar-refractivity contribution >= 4 is 40.5 Å². The molecule has 1 aliphatic rings. The minimum atomic E-state index is -1.40. The number of aliphatic carboxylic acids is 1. The highest BCUT2D eigenvalue weighted by atomic mass is 19.1. The molecule has 14 heteroatoms. The second-order valence-electron chi connectivity index (χ2n) is 11.5. The number of nitrogen functional groups attached to an aromatic ring is 1. The number of nitrogens with two attached hydrogens (primary N) is 1. The minimum Gasteiger partial charge on any atom is -0.480 e. The van der Waals surface area contributed by atoms with E-state index in [-0.39, 0.29) is 42.2 Å². The number of fused-ring (bicyclic) bond motifs is 2. The van der Waals surface area contributed by atoms with Gasteiger partial charge in [-0.3, -0.25) is 9.59 Å². The highest BCUT2D eigenvalue weighted by molar-refractivity contribution is 6.09. The van der Waals surface area contributed by atoms with Gasteiger partial charge >= 0.3 is 5.97 Å². The number of nitrogens with zero attached hydrogens (tertiary/aromatic N) is 5. The van der Waals surface area contributed by atoms with E-state index in [9.17, 15) is 29.0 Å². The third kappa shape index (κ3) is 5.74. The number of rotatable bonds is 10. The molecule has 47 heavy (non-hydrogen) atoms. The number of hydrogen-bond acceptors (Lipinski definition) is 9. The maximum absolute atomic E-state index is 14.5. The molecule has 0 aliphatic carbocycles. The van der Waals surface area contributed by atoms with Gasteiger partial charge in [-0.15, -0.1) is 0 Å². The van der Waals surface area contributed by atoms with Crippen LogP contribution in [0.4, 0.5) is 16.0 Å². The highest BCUT2D eigenvalue weighted by Gasteiger charge is 2.47. The molecule has 6 N–H and O–H groups in total. The molecule has 1 unspecified atom stereocenters. The van der Waals surface area contributed by atoms with E-state index in [4.69, 9.17) is 5.73 Å². The van der Waals surface area contributed by atoms with Crippen molar-refractivity contribution in [2.24, 2.45) is 0 Å². The summed E-state index contributed by atoms with van der Waals surface area (Å²) in [6.07, 6.45) is 0.671. The van der Waals surface area contributed by atoms with Gasteiger partial charge in [0, 0.05) is 18.2 Å². The molecule has 2 aromatic carbocycles. The number of pyridine rings is 1. The van der Waals surface area contributed by atoms with Crippen LogP contribution in [0.3, 0.4) is 0 Å². The van der Waals surface area contributed by atoms with Crippen LogP contribution < -0.4 is 16.4 Å². The number of benzene rings is 2. The molecule has 0 fully saturated rings. The summed E-state index contributed by atoms with van der Waals surface area (Å²) >= 11 is 0. The van der Waals surface area contributed by atoms with Crippen LogP contribution in [0.25, 0.3) is 22.6 Å². The van der Waals surface area contributed by atoms with Crippen LogP contribution in [0.1, 0.15) is 42.5 Å². The number of aromatic nitrogens is 5. The van der Waals surface area contributed by atoms with Gasteiger partial charge in [-0.05, 0) is 49.6 Å². The molecule has 240 valence electrons. The molecule has 2 amide bonds. The summed E-state index contributed by atoms with van der Waals surface area (Å²) in [6, 6.07) is 15.6. The van der Waals surface area contributed by atoms with E-state index >= 15 is 0 Å². The first-order valence-electron chi connectivity index (χ1n) is 14.8. The van der Waals surface area contributed by atoms with E-state index in [1.54, 1.807) is 72.4 Å². The summed E-state index contributed by atoms with van der Waals surface area (Å²) in [6.45, 7) is 3.14. The van der Waals surface area contributed by atoms with E-state index in [0.29, 0.717) is 39.8 Å². The van der Waals surface area contributed by atoms with Gasteiger partial charge in [0.2, 0.25) is 11.8 Å². The van der Waals surface area contributed by atoms with Crippen molar-refractivity contribution in [1.29, 1.82) is 0 Å². The van der Waals surface area contributed by atoms with Gasteiger partial charge in [-0.1, -0.05) is 42.5 Å². The number of halogens is 1. The molecule has 3 atom stereocenters. The van der Waals surface area contributed by atoms with Crippen molar-refractivity contribution < 1.29 is 29.0 Å². The van der Waals surface area contributed by atoms with E-state index in [1.165, 1.54) is 13.0 Å². The standard InChI is InChI=1S/C33H31FN8O5/c1-17(43)25(31(45)46)37-23(44)14-11-18-9-12-20(13-10-18)33(2)24-27(35)38-29(39-28(24)40-32(33)47)26-21-7-5-15-36-30(21)42(41-26)16-19-6-3-4-8-22(19)34/h3-10,12-13,15,17,25,43H,11,14,16H2,1-2H3,(H,37,44)(H,45,46)(H3,35,38,39,40,47)/t17-,25-,33?/m0/s1. The topological polar surface area (TPSA) is 198 Å². The molecule has 0 radical (unpaired) electrons. The number of carboxylic acid groups (broad SMARTS) is 1. The van der Waals surface area contributed by atoms with Crippen LogP contribution in [0.5, 0.6) is 0 Å². The van der Waals surface area contributed by atoms with E-state index < -0.39 is 29.4 Å². The van der Waals surface area contributed by atoms with Crippen LogP contribution in [-0.2, 0) is 32.8 Å². The number of nitrogens with one attached hydrogen (secondary N) is 2. The molecule has 6 rings (SSSR count). The van der Waals surface area contributed by atoms with Crippen LogP contribution in [-0.4, -0.2) is 64.9 Å². The summed E-state index contributed by atoms with van der Waals surface area (Å²) in [4.78, 5) is 50.7. The second kappa shape index (κ2) is 12.2. The number of carbonyl (C=O) groups excluding carboxylic acids is 2. The molecule has 5 aromatic rings. The Hall–Kier alpha value is -5.76. The molecule has 4 heterocycles. The Morgan fingerprint density at radius 3 is 2.55 bits per heavy atom. The molecule has 1 aliphatic heterocycles. The lowest BCUT2D eigenvalue weighted by Crippen LogP contribution is -2.47. The number of carbonyl (C=O) groups is 3. The van der Waals surface area contributed by atoms with Gasteiger partial charge in [0.1, 0.15) is 28.6 Å². The van der Waals surface area contributed by atoms with Crippen LogP contribution in [0.15, 0.2) is 66.9 Å². The first-order chi connectivity index (χ1) is 22.5. The van der Waals surface area contributed by atoms with Gasteiger partial charge < -0.3 is 26.6 Å². The molecular weight excluding hydrogens is 607 g/mol. The summed E-state index contributed by atoms with van der Waals surface area (Å²) in [5, 5.41) is 29.2. The predicted octanol–water partition coefficient (Wildman–Crippen LogP) is 2.80. The molecule has 0 bridgehead atoms. The normalized spacial score (nSPS) is 16.8. The quantitative estimate of drug-likeness (QED) is 0.152. The van der Waals surface area contributed by atoms with Gasteiger partial charge in [0.05, 0.1) is 23.6 Å². The Morgan fingerprint density at radius 2 is 1.85 bits per heavy atom. The number of aliphatic hydroxyl groups excluding tert-OH is 1. The molecule has 0 saturated carbocycles. The lowest BCUT2D eigenvalue weighted by atomic mass is 9.77. The number of hydrogen-bond donors (Lipinski definition) is 5. The number of aliphatic hydroxyl groups is 1. The third-order valence-electron chi connectivity index (χ3n) is 8.36. The zero-order valence-electron chi connectivity index (χ0n) is 25.4. The SMILES string of the molecule is C[C@H](O)[C@H](NC(=O)CCc1ccc(C2(C)C(=O)Nc3nc(-c4nn(Cc5ccccc5F)c5ncccc45)nc(N)c32)cc1)C(=O)O. The maximum atomic E-state index is 14.5. The third-order valence-corrected chi connectivity index (χ3v) is 8.36. The van der Waals surface area contributed by atoms with Crippen molar-refractivity contribution in [3.8, 4) is 11.5 Å². The van der Waals surface area contributed by atoms with Crippen LogP contribution >= 0.6 is 0 Å². The van der Waals surface area contributed by atoms with Gasteiger partial charge in [-0.25, -0.2) is 28.8 Å². The summed E-state index contributed by atoms with van der Waals surface area (Å²) in [7, 11) is 0. The fourth-order valence-corrected chi connectivity index (χ4v) is 5.76. The Balaban J connectivity index is 1.26. The van der Waals surface area contributed by atoms with Crippen LogP contribution in [0.2, 0.25) is 0 Å². The highest BCUT2D eigenvalue weighted by Crippen LogP contribution is 2.45. The molecular formula is C33H31FN8O5. The van der Waals surface area contributed by atoms with E-state index in [0.717, 1.165) is 5.56 Å². The van der Waals surface area contributed by atoms with Gasteiger partial charge in [0.15, 0.2) is 17.5 Å². The Kier molecular flexibility index (Phi) is 8.11. The fourth-order valence-electron chi connectivity index (χ4n) is 5.76. The van der Waals surface area contributed by atoms with Gasteiger partial charge in [0.25, 0.3) is 0 Å². The van der Waals surface area contributed by atoms with Gasteiger partial charge in [-0.2, -0.15) is 5.10 Å². The number of anilines is 2. The average molecular weight is 639 g/mol. The van der Waals surface area contributed by atoms with E-state index in [1.807, 2.05) is 0 Å². The maximum Gasteiger partial charge on any atom is 0.328 e. The molecule has 0 spiro atoms. The second-order valence-corrected chi connectivity index (χ2v) is 11.5. The summed E-state index contributed by atoms with van der Waals surface area (Å²) in [5.74, 6) is -2.06. The number of aryl methyl sites for hydroxylation is 1. The largest absolute Gasteiger partial charge is 0.480 e. The predicted molar refractivity (Wildman–Crippen MR) is 170 cm³/mol. The lowest BCUT2D eigenvalue weighted by molar-refractivity contribution is -0.144. The number of amides is 2. The zero-order chi connectivity index (χ0) is 33.5. The Labute approximate surface area is 267 Å². The van der Waals surface area contributed by atoms with Crippen molar-refractivity contribution in [1.82, 2.24) is 30.0 Å². The summed E-state index contributed by atoms with van der Waals surface area (Å²) in [5.41, 5.74) is 8.41.